The van der Waals surface area contributed by atoms with E-state index in [2.05, 4.69) is 50.6 Å². The van der Waals surface area contributed by atoms with Gasteiger partial charge in [-0.15, -0.1) is 11.6 Å². The standard InChI is InChI=1S/C14H17BrClN3/c1-18-7-5-11(9-18)19-13-3-2-10(15)8-12(13)17-14(19)4-6-16/h2-3,8,11H,4-7,9H2,1H3. The summed E-state index contributed by atoms with van der Waals surface area (Å²) in [5.74, 6) is 1.73. The fraction of sp³-hybridized carbons (Fsp3) is 0.500. The molecule has 3 nitrogen and oxygen atoms in total. The van der Waals surface area contributed by atoms with E-state index in [0.29, 0.717) is 11.9 Å². The van der Waals surface area contributed by atoms with Gasteiger partial charge >= 0.3 is 0 Å². The second-order valence-corrected chi connectivity index (χ2v) is 6.47. The number of alkyl halides is 1. The van der Waals surface area contributed by atoms with Crippen molar-refractivity contribution in [3.8, 4) is 0 Å². The molecule has 1 aromatic carbocycles. The highest BCUT2D eigenvalue weighted by Crippen LogP contribution is 2.29. The quantitative estimate of drug-likeness (QED) is 0.797. The molecule has 1 fully saturated rings. The molecule has 1 aromatic heterocycles. The maximum absolute atomic E-state index is 5.93. The first kappa shape index (κ1) is 13.4. The normalized spacial score (nSPS) is 20.5. The zero-order chi connectivity index (χ0) is 13.4. The minimum absolute atomic E-state index is 0.523. The van der Waals surface area contributed by atoms with E-state index >= 15 is 0 Å². The van der Waals surface area contributed by atoms with Crippen LogP contribution < -0.4 is 0 Å². The second-order valence-electron chi connectivity index (χ2n) is 5.17. The van der Waals surface area contributed by atoms with Gasteiger partial charge in [-0.25, -0.2) is 4.98 Å². The van der Waals surface area contributed by atoms with Gasteiger partial charge in [-0.05, 0) is 38.2 Å². The SMILES string of the molecule is CN1CCC(n2c(CCCl)nc3cc(Br)ccc32)C1. The Morgan fingerprint density at radius 1 is 1.47 bits per heavy atom. The Morgan fingerprint density at radius 3 is 3.00 bits per heavy atom. The van der Waals surface area contributed by atoms with Gasteiger partial charge in [-0.3, -0.25) is 0 Å². The Labute approximate surface area is 126 Å². The van der Waals surface area contributed by atoms with Gasteiger partial charge in [0.05, 0.1) is 11.0 Å². The molecule has 0 radical (unpaired) electrons. The third-order valence-electron chi connectivity index (χ3n) is 3.77. The van der Waals surface area contributed by atoms with E-state index in [-0.39, 0.29) is 0 Å². The van der Waals surface area contributed by atoms with Crippen molar-refractivity contribution in [3.05, 3.63) is 28.5 Å². The van der Waals surface area contributed by atoms with Gasteiger partial charge in [0.2, 0.25) is 0 Å². The minimum Gasteiger partial charge on any atom is -0.323 e. The lowest BCUT2D eigenvalue weighted by Crippen LogP contribution is -2.18. The maximum atomic E-state index is 5.93. The molecular weight excluding hydrogens is 326 g/mol. The third kappa shape index (κ3) is 2.54. The molecule has 1 aliphatic rings. The van der Waals surface area contributed by atoms with Crippen LogP contribution in [0.1, 0.15) is 18.3 Å². The zero-order valence-corrected chi connectivity index (χ0v) is 13.3. The molecule has 0 N–H and O–H groups in total. The molecule has 1 saturated heterocycles. The van der Waals surface area contributed by atoms with Crippen molar-refractivity contribution < 1.29 is 0 Å². The van der Waals surface area contributed by atoms with Crippen LogP contribution in [0.25, 0.3) is 11.0 Å². The molecule has 1 atom stereocenters. The highest BCUT2D eigenvalue weighted by Gasteiger charge is 2.25. The predicted octanol–water partition coefficient (Wildman–Crippen LogP) is 3.46. The Bertz CT molecular complexity index is 596. The van der Waals surface area contributed by atoms with E-state index in [4.69, 9.17) is 16.6 Å². The number of likely N-dealkylation sites (N-methyl/N-ethyl adjacent to an activating group) is 1. The monoisotopic (exact) mass is 341 g/mol. The number of hydrogen-bond acceptors (Lipinski definition) is 2. The van der Waals surface area contributed by atoms with Crippen molar-refractivity contribution in [2.24, 2.45) is 0 Å². The first-order valence-electron chi connectivity index (χ1n) is 6.60. The fourth-order valence-electron chi connectivity index (χ4n) is 2.91. The second kappa shape index (κ2) is 5.43. The zero-order valence-electron chi connectivity index (χ0n) is 10.9. The Kier molecular flexibility index (Phi) is 3.83. The lowest BCUT2D eigenvalue weighted by atomic mass is 10.2. The number of fused-ring (bicyclic) bond motifs is 1. The molecule has 1 aliphatic heterocycles. The van der Waals surface area contributed by atoms with E-state index in [1.807, 2.05) is 0 Å². The molecule has 0 aliphatic carbocycles. The molecule has 5 heteroatoms. The van der Waals surface area contributed by atoms with Gasteiger partial charge in [-0.2, -0.15) is 0 Å². The number of hydrogen-bond donors (Lipinski definition) is 0. The Balaban J connectivity index is 2.11. The molecule has 0 amide bonds. The van der Waals surface area contributed by atoms with Crippen LogP contribution >= 0.6 is 27.5 Å². The van der Waals surface area contributed by atoms with Gasteiger partial charge in [0.1, 0.15) is 5.82 Å². The van der Waals surface area contributed by atoms with Crippen LogP contribution in [0.5, 0.6) is 0 Å². The van der Waals surface area contributed by atoms with Crippen LogP contribution in [0, 0.1) is 0 Å². The average Bonchev–Trinajstić information content (AvgIpc) is 2.92. The summed E-state index contributed by atoms with van der Waals surface area (Å²) in [5.41, 5.74) is 2.28. The Morgan fingerprint density at radius 2 is 2.32 bits per heavy atom. The molecule has 1 unspecified atom stereocenters. The highest BCUT2D eigenvalue weighted by atomic mass is 79.9. The largest absolute Gasteiger partial charge is 0.323 e. The lowest BCUT2D eigenvalue weighted by Gasteiger charge is -2.16. The van der Waals surface area contributed by atoms with Crippen molar-refractivity contribution in [1.82, 2.24) is 14.5 Å². The Hall–Kier alpha value is -0.580. The van der Waals surface area contributed by atoms with Gasteiger partial charge in [-0.1, -0.05) is 15.9 Å². The first-order chi connectivity index (χ1) is 9.19. The van der Waals surface area contributed by atoms with E-state index in [1.54, 1.807) is 0 Å². The smallest absolute Gasteiger partial charge is 0.111 e. The predicted molar refractivity (Wildman–Crippen MR) is 83.0 cm³/mol. The van der Waals surface area contributed by atoms with E-state index in [9.17, 15) is 0 Å². The van der Waals surface area contributed by atoms with Crippen LogP contribution in [-0.2, 0) is 6.42 Å². The summed E-state index contributed by atoms with van der Waals surface area (Å²) in [6.45, 7) is 2.25. The van der Waals surface area contributed by atoms with Crippen molar-refractivity contribution in [2.75, 3.05) is 26.0 Å². The summed E-state index contributed by atoms with van der Waals surface area (Å²) in [6, 6.07) is 6.85. The lowest BCUT2D eigenvalue weighted by molar-refractivity contribution is 0.392. The number of likely N-dealkylation sites (tertiary alicyclic amines) is 1. The van der Waals surface area contributed by atoms with Gasteiger partial charge in [0.25, 0.3) is 0 Å². The molecule has 3 rings (SSSR count). The topological polar surface area (TPSA) is 21.1 Å². The highest BCUT2D eigenvalue weighted by molar-refractivity contribution is 9.10. The van der Waals surface area contributed by atoms with Crippen molar-refractivity contribution >= 4 is 38.6 Å². The number of halogens is 2. The van der Waals surface area contributed by atoms with Crippen LogP contribution in [-0.4, -0.2) is 40.5 Å². The van der Waals surface area contributed by atoms with Crippen molar-refractivity contribution in [2.45, 2.75) is 18.9 Å². The first-order valence-corrected chi connectivity index (χ1v) is 7.92. The minimum atomic E-state index is 0.523. The summed E-state index contributed by atoms with van der Waals surface area (Å²) >= 11 is 9.44. The molecular formula is C14H17BrClN3. The average molecular weight is 343 g/mol. The molecule has 2 heterocycles. The van der Waals surface area contributed by atoms with E-state index in [0.717, 1.165) is 35.3 Å². The van der Waals surface area contributed by atoms with Crippen molar-refractivity contribution in [1.29, 1.82) is 0 Å². The molecule has 0 bridgehead atoms. The fourth-order valence-corrected chi connectivity index (χ4v) is 3.43. The van der Waals surface area contributed by atoms with Gasteiger partial charge in [0.15, 0.2) is 0 Å². The maximum Gasteiger partial charge on any atom is 0.111 e. The summed E-state index contributed by atoms with van der Waals surface area (Å²) < 4.78 is 3.47. The van der Waals surface area contributed by atoms with Crippen LogP contribution in [0.4, 0.5) is 0 Å². The van der Waals surface area contributed by atoms with E-state index < -0.39 is 0 Å². The molecule has 0 saturated carbocycles. The van der Waals surface area contributed by atoms with Gasteiger partial charge in [0, 0.05) is 29.4 Å². The summed E-state index contributed by atoms with van der Waals surface area (Å²) in [5, 5.41) is 0. The number of benzene rings is 1. The molecule has 19 heavy (non-hydrogen) atoms. The van der Waals surface area contributed by atoms with Crippen molar-refractivity contribution in [3.63, 3.8) is 0 Å². The number of aromatic nitrogens is 2. The number of nitrogens with zero attached hydrogens (tertiary/aromatic N) is 3. The van der Waals surface area contributed by atoms with Gasteiger partial charge < -0.3 is 9.47 Å². The van der Waals surface area contributed by atoms with Crippen LogP contribution in [0.3, 0.4) is 0 Å². The summed E-state index contributed by atoms with van der Waals surface area (Å²) in [6.07, 6.45) is 2.02. The number of aryl methyl sites for hydroxylation is 1. The molecule has 2 aromatic rings. The third-order valence-corrected chi connectivity index (χ3v) is 4.46. The van der Waals surface area contributed by atoms with E-state index in [1.165, 1.54) is 11.9 Å². The number of imidazole rings is 1. The van der Waals surface area contributed by atoms with Crippen LogP contribution in [0.2, 0.25) is 0 Å². The summed E-state index contributed by atoms with van der Waals surface area (Å²) in [7, 11) is 2.18. The summed E-state index contributed by atoms with van der Waals surface area (Å²) in [4.78, 5) is 7.14. The number of rotatable bonds is 3. The molecule has 102 valence electrons. The van der Waals surface area contributed by atoms with Crippen LogP contribution in [0.15, 0.2) is 22.7 Å². The molecule has 0 spiro atoms.